The van der Waals surface area contributed by atoms with E-state index in [1.54, 1.807) is 31.2 Å². The molecule has 0 aliphatic rings. The van der Waals surface area contributed by atoms with Gasteiger partial charge in [0.25, 0.3) is 0 Å². The third-order valence-electron chi connectivity index (χ3n) is 5.05. The van der Waals surface area contributed by atoms with Crippen molar-refractivity contribution in [3.63, 3.8) is 0 Å². The Balaban J connectivity index is 1.37. The molecule has 1 heterocycles. The Bertz CT molecular complexity index is 1030. The second-order valence-corrected chi connectivity index (χ2v) is 7.74. The summed E-state index contributed by atoms with van der Waals surface area (Å²) in [7, 11) is 0. The summed E-state index contributed by atoms with van der Waals surface area (Å²) in [6, 6.07) is 12.7. The smallest absolute Gasteiger partial charge is 0.249 e. The Morgan fingerprint density at radius 3 is 2.44 bits per heavy atom. The second kappa shape index (κ2) is 11.1. The van der Waals surface area contributed by atoms with Crippen LogP contribution in [-0.4, -0.2) is 33.2 Å². The number of carbonyl (C=O) groups is 2. The maximum Gasteiger partial charge on any atom is 0.249 e. The maximum absolute atomic E-state index is 12.3. The number of rotatable bonds is 10. The number of nitrogens with zero attached hydrogens (tertiary/aromatic N) is 3. The number of amides is 2. The molecule has 0 spiro atoms. The number of nitrogens with one attached hydrogen (secondary N) is 2. The van der Waals surface area contributed by atoms with Gasteiger partial charge in [0.05, 0.1) is 6.61 Å². The molecule has 2 amide bonds. The topological polar surface area (TPSA) is 98.1 Å². The number of ether oxygens (including phenoxy) is 1. The standard InChI is InChI=1S/C24H29N5O3/c1-17-7-8-18(2)22(14-17)32-13-5-4-6-23(30)27-20-9-11-21(12-10-20)28-24(31)19(3)29-16-25-15-26-29/h7-12,14-16,19H,4-6,13H2,1-3H3,(H,27,30)(H,28,31). The highest BCUT2D eigenvalue weighted by molar-refractivity contribution is 5.94. The summed E-state index contributed by atoms with van der Waals surface area (Å²) in [5, 5.41) is 9.68. The van der Waals surface area contributed by atoms with Crippen LogP contribution in [0.3, 0.4) is 0 Å². The summed E-state index contributed by atoms with van der Waals surface area (Å²) >= 11 is 0. The average Bonchev–Trinajstić information content (AvgIpc) is 3.31. The van der Waals surface area contributed by atoms with Gasteiger partial charge >= 0.3 is 0 Å². The van der Waals surface area contributed by atoms with Gasteiger partial charge in [-0.3, -0.25) is 9.59 Å². The number of unbranched alkanes of at least 4 members (excludes halogenated alkanes) is 1. The molecule has 32 heavy (non-hydrogen) atoms. The first kappa shape index (κ1) is 23.0. The van der Waals surface area contributed by atoms with Crippen molar-refractivity contribution in [3.8, 4) is 5.75 Å². The fraction of sp³-hybridized carbons (Fsp3) is 0.333. The zero-order valence-corrected chi connectivity index (χ0v) is 18.7. The van der Waals surface area contributed by atoms with Crippen LogP contribution in [0.1, 0.15) is 43.4 Å². The summed E-state index contributed by atoms with van der Waals surface area (Å²) in [6.07, 6.45) is 4.85. The number of carbonyl (C=O) groups excluding carboxylic acids is 2. The van der Waals surface area contributed by atoms with Gasteiger partial charge in [-0.05, 0) is 75.1 Å². The third kappa shape index (κ3) is 6.66. The predicted molar refractivity (Wildman–Crippen MR) is 124 cm³/mol. The Labute approximate surface area is 188 Å². The van der Waals surface area contributed by atoms with E-state index in [2.05, 4.69) is 26.8 Å². The highest BCUT2D eigenvalue weighted by Crippen LogP contribution is 2.20. The van der Waals surface area contributed by atoms with E-state index < -0.39 is 6.04 Å². The first-order valence-corrected chi connectivity index (χ1v) is 10.7. The minimum atomic E-state index is -0.476. The quantitative estimate of drug-likeness (QED) is 0.463. The number of aryl methyl sites for hydroxylation is 2. The summed E-state index contributed by atoms with van der Waals surface area (Å²) in [6.45, 7) is 6.39. The van der Waals surface area contributed by atoms with Gasteiger partial charge in [0.1, 0.15) is 24.4 Å². The van der Waals surface area contributed by atoms with E-state index in [9.17, 15) is 9.59 Å². The van der Waals surface area contributed by atoms with Crippen LogP contribution in [0.5, 0.6) is 5.75 Å². The zero-order chi connectivity index (χ0) is 22.9. The number of benzene rings is 2. The fourth-order valence-corrected chi connectivity index (χ4v) is 3.08. The predicted octanol–water partition coefficient (Wildman–Crippen LogP) is 4.28. The van der Waals surface area contributed by atoms with E-state index >= 15 is 0 Å². The van der Waals surface area contributed by atoms with Crippen LogP contribution in [0, 0.1) is 13.8 Å². The van der Waals surface area contributed by atoms with Crippen LogP contribution >= 0.6 is 0 Å². The van der Waals surface area contributed by atoms with E-state index in [-0.39, 0.29) is 11.8 Å². The van der Waals surface area contributed by atoms with E-state index in [0.29, 0.717) is 24.4 Å². The molecule has 0 aliphatic heterocycles. The average molecular weight is 436 g/mol. The van der Waals surface area contributed by atoms with Gasteiger partial charge < -0.3 is 15.4 Å². The molecule has 0 aliphatic carbocycles. The van der Waals surface area contributed by atoms with E-state index in [4.69, 9.17) is 4.74 Å². The molecule has 8 nitrogen and oxygen atoms in total. The van der Waals surface area contributed by atoms with Crippen molar-refractivity contribution in [3.05, 3.63) is 66.2 Å². The molecule has 0 bridgehead atoms. The van der Waals surface area contributed by atoms with Gasteiger partial charge in [-0.15, -0.1) is 0 Å². The van der Waals surface area contributed by atoms with Crippen molar-refractivity contribution in [1.29, 1.82) is 0 Å². The van der Waals surface area contributed by atoms with Crippen LogP contribution < -0.4 is 15.4 Å². The lowest BCUT2D eigenvalue weighted by atomic mass is 10.1. The van der Waals surface area contributed by atoms with Gasteiger partial charge in [0, 0.05) is 17.8 Å². The van der Waals surface area contributed by atoms with Crippen molar-refractivity contribution in [2.45, 2.75) is 46.1 Å². The molecule has 1 unspecified atom stereocenters. The zero-order valence-electron chi connectivity index (χ0n) is 18.7. The minimum Gasteiger partial charge on any atom is -0.493 e. The summed E-state index contributed by atoms with van der Waals surface area (Å²) < 4.78 is 7.31. The summed E-state index contributed by atoms with van der Waals surface area (Å²) in [5.41, 5.74) is 3.61. The molecule has 0 fully saturated rings. The molecular weight excluding hydrogens is 406 g/mol. The molecule has 0 saturated carbocycles. The second-order valence-electron chi connectivity index (χ2n) is 7.74. The SMILES string of the molecule is Cc1ccc(C)c(OCCCCC(=O)Nc2ccc(NC(=O)C(C)n3cncn3)cc2)c1. The lowest BCUT2D eigenvalue weighted by Gasteiger charge is -2.12. The first-order chi connectivity index (χ1) is 15.4. The van der Waals surface area contributed by atoms with Gasteiger partial charge in [-0.2, -0.15) is 5.10 Å². The van der Waals surface area contributed by atoms with E-state index in [1.807, 2.05) is 26.0 Å². The van der Waals surface area contributed by atoms with Crippen molar-refractivity contribution in [2.24, 2.45) is 0 Å². The molecule has 8 heteroatoms. The molecule has 2 aromatic carbocycles. The first-order valence-electron chi connectivity index (χ1n) is 10.7. The lowest BCUT2D eigenvalue weighted by molar-refractivity contribution is -0.119. The minimum absolute atomic E-state index is 0.0478. The highest BCUT2D eigenvalue weighted by atomic mass is 16.5. The monoisotopic (exact) mass is 435 g/mol. The van der Waals surface area contributed by atoms with Gasteiger partial charge in [-0.1, -0.05) is 12.1 Å². The lowest BCUT2D eigenvalue weighted by Crippen LogP contribution is -2.24. The number of hydrogen-bond donors (Lipinski definition) is 2. The summed E-state index contributed by atoms with van der Waals surface area (Å²) in [4.78, 5) is 28.3. The van der Waals surface area contributed by atoms with Crippen LogP contribution in [-0.2, 0) is 9.59 Å². The Morgan fingerprint density at radius 1 is 1.03 bits per heavy atom. The van der Waals surface area contributed by atoms with Gasteiger partial charge in [-0.25, -0.2) is 9.67 Å². The van der Waals surface area contributed by atoms with E-state index in [0.717, 1.165) is 24.2 Å². The normalized spacial score (nSPS) is 11.6. The number of hydrogen-bond acceptors (Lipinski definition) is 5. The van der Waals surface area contributed by atoms with Crippen molar-refractivity contribution >= 4 is 23.2 Å². The number of aromatic nitrogens is 3. The van der Waals surface area contributed by atoms with Crippen molar-refractivity contribution in [2.75, 3.05) is 17.2 Å². The molecule has 1 aromatic heterocycles. The Hall–Kier alpha value is -3.68. The molecular formula is C24H29N5O3. The van der Waals surface area contributed by atoms with Crippen molar-refractivity contribution < 1.29 is 14.3 Å². The molecule has 0 radical (unpaired) electrons. The molecule has 3 aromatic rings. The molecule has 0 saturated heterocycles. The fourth-order valence-electron chi connectivity index (χ4n) is 3.08. The molecule has 1 atom stereocenters. The molecule has 2 N–H and O–H groups in total. The highest BCUT2D eigenvalue weighted by Gasteiger charge is 2.15. The number of anilines is 2. The largest absolute Gasteiger partial charge is 0.493 e. The van der Waals surface area contributed by atoms with E-state index in [1.165, 1.54) is 22.9 Å². The van der Waals surface area contributed by atoms with Crippen molar-refractivity contribution in [1.82, 2.24) is 14.8 Å². The van der Waals surface area contributed by atoms with Gasteiger partial charge in [0.2, 0.25) is 11.8 Å². The molecule has 3 rings (SSSR count). The molecule has 168 valence electrons. The van der Waals surface area contributed by atoms with Gasteiger partial charge in [0.15, 0.2) is 0 Å². The van der Waals surface area contributed by atoms with Crippen LogP contribution in [0.25, 0.3) is 0 Å². The third-order valence-corrected chi connectivity index (χ3v) is 5.05. The Morgan fingerprint density at radius 2 is 1.75 bits per heavy atom. The van der Waals surface area contributed by atoms with Crippen LogP contribution in [0.2, 0.25) is 0 Å². The maximum atomic E-state index is 12.3. The summed E-state index contributed by atoms with van der Waals surface area (Å²) in [5.74, 6) is 0.654. The van der Waals surface area contributed by atoms with Crippen LogP contribution in [0.15, 0.2) is 55.1 Å². The Kier molecular flexibility index (Phi) is 7.96. The van der Waals surface area contributed by atoms with Crippen LogP contribution in [0.4, 0.5) is 11.4 Å².